The molecule has 7 heteroatoms. The maximum atomic E-state index is 12.2. The average molecular weight is 330 g/mol. The van der Waals surface area contributed by atoms with Crippen molar-refractivity contribution >= 4 is 33.5 Å². The molecule has 1 aromatic rings. The van der Waals surface area contributed by atoms with Crippen molar-refractivity contribution in [3.05, 3.63) is 27.2 Å². The lowest BCUT2D eigenvalue weighted by molar-refractivity contribution is -0.139. The van der Waals surface area contributed by atoms with E-state index in [0.29, 0.717) is 4.47 Å². The summed E-state index contributed by atoms with van der Waals surface area (Å²) in [6, 6.07) is 2.93. The topological polar surface area (TPSA) is 35.5 Å². The minimum atomic E-state index is -3.02. The fraction of sp³-hybridized carbons (Fsp3) is 0.300. The standard InChI is InChI=1S/C10H8BrClF2O3/c1-16-8(15)4-5-6(11)2-3-7(12)9(5)17-10(13)14/h2-3,10H,4H2,1H3. The van der Waals surface area contributed by atoms with Crippen LogP contribution < -0.4 is 4.74 Å². The van der Waals surface area contributed by atoms with Crippen LogP contribution in [0.2, 0.25) is 5.02 Å². The van der Waals surface area contributed by atoms with Crippen molar-refractivity contribution in [1.82, 2.24) is 0 Å². The Morgan fingerprint density at radius 3 is 2.71 bits per heavy atom. The van der Waals surface area contributed by atoms with Crippen LogP contribution in [0, 0.1) is 0 Å². The Balaban J connectivity index is 3.14. The Hall–Kier alpha value is -0.880. The molecule has 0 heterocycles. The molecule has 0 saturated carbocycles. The average Bonchev–Trinajstić information content (AvgIpc) is 2.27. The summed E-state index contributed by atoms with van der Waals surface area (Å²) in [5.74, 6) is -0.798. The van der Waals surface area contributed by atoms with Crippen LogP contribution in [0.25, 0.3) is 0 Å². The van der Waals surface area contributed by atoms with Crippen LogP contribution in [0.1, 0.15) is 5.56 Å². The Bertz CT molecular complexity index is 426. The van der Waals surface area contributed by atoms with Crippen LogP contribution in [-0.2, 0) is 16.0 Å². The van der Waals surface area contributed by atoms with Gasteiger partial charge in [0.2, 0.25) is 0 Å². The molecule has 1 aromatic carbocycles. The first kappa shape index (κ1) is 14.2. The first-order chi connectivity index (χ1) is 7.95. The maximum Gasteiger partial charge on any atom is 0.387 e. The molecule has 0 spiro atoms. The molecule has 0 unspecified atom stereocenters. The molecule has 3 nitrogen and oxygen atoms in total. The van der Waals surface area contributed by atoms with Crippen molar-refractivity contribution in [1.29, 1.82) is 0 Å². The zero-order valence-electron chi connectivity index (χ0n) is 8.68. The Kier molecular flexibility index (Phi) is 5.14. The van der Waals surface area contributed by atoms with Gasteiger partial charge in [-0.05, 0) is 12.1 Å². The molecule has 0 aliphatic heterocycles. The second kappa shape index (κ2) is 6.16. The van der Waals surface area contributed by atoms with E-state index in [-0.39, 0.29) is 22.8 Å². The Morgan fingerprint density at radius 2 is 2.18 bits per heavy atom. The number of carbonyl (C=O) groups is 1. The molecule has 0 amide bonds. The van der Waals surface area contributed by atoms with Crippen molar-refractivity contribution in [3.8, 4) is 5.75 Å². The zero-order chi connectivity index (χ0) is 13.0. The summed E-state index contributed by atoms with van der Waals surface area (Å²) >= 11 is 8.88. The number of ether oxygens (including phenoxy) is 2. The Labute approximate surface area is 110 Å². The van der Waals surface area contributed by atoms with Gasteiger partial charge >= 0.3 is 12.6 Å². The van der Waals surface area contributed by atoms with Crippen molar-refractivity contribution in [2.45, 2.75) is 13.0 Å². The molecule has 94 valence electrons. The van der Waals surface area contributed by atoms with Crippen LogP contribution in [0.3, 0.4) is 0 Å². The van der Waals surface area contributed by atoms with Crippen LogP contribution in [-0.4, -0.2) is 19.7 Å². The number of halogens is 4. The minimum Gasteiger partial charge on any atom is -0.469 e. The Morgan fingerprint density at radius 1 is 1.53 bits per heavy atom. The fourth-order valence-corrected chi connectivity index (χ4v) is 1.85. The summed E-state index contributed by atoms with van der Waals surface area (Å²) in [7, 11) is 1.20. The lowest BCUT2D eigenvalue weighted by Gasteiger charge is -2.13. The summed E-state index contributed by atoms with van der Waals surface area (Å²) in [6.07, 6.45) is -0.209. The van der Waals surface area contributed by atoms with Gasteiger partial charge in [0.05, 0.1) is 18.6 Å². The van der Waals surface area contributed by atoms with Crippen molar-refractivity contribution in [2.24, 2.45) is 0 Å². The second-order valence-corrected chi connectivity index (χ2v) is 4.23. The van der Waals surface area contributed by atoms with Gasteiger partial charge in [-0.2, -0.15) is 8.78 Å². The van der Waals surface area contributed by atoms with Gasteiger partial charge < -0.3 is 9.47 Å². The molecule has 0 saturated heterocycles. The van der Waals surface area contributed by atoms with Crippen LogP contribution in [0.5, 0.6) is 5.75 Å². The normalized spacial score (nSPS) is 10.5. The van der Waals surface area contributed by atoms with Gasteiger partial charge in [0.15, 0.2) is 0 Å². The third kappa shape index (κ3) is 3.81. The number of esters is 1. The number of hydrogen-bond donors (Lipinski definition) is 0. The van der Waals surface area contributed by atoms with Crippen molar-refractivity contribution < 1.29 is 23.0 Å². The van der Waals surface area contributed by atoms with Gasteiger partial charge in [-0.1, -0.05) is 27.5 Å². The summed E-state index contributed by atoms with van der Waals surface area (Å²) in [6.45, 7) is -3.02. The lowest BCUT2D eigenvalue weighted by atomic mass is 10.1. The van der Waals surface area contributed by atoms with Gasteiger partial charge in [-0.25, -0.2) is 0 Å². The number of rotatable bonds is 4. The van der Waals surface area contributed by atoms with E-state index in [9.17, 15) is 13.6 Å². The summed E-state index contributed by atoms with van der Waals surface area (Å²) in [4.78, 5) is 11.2. The van der Waals surface area contributed by atoms with Gasteiger partial charge in [0, 0.05) is 10.0 Å². The molecular weight excluding hydrogens is 321 g/mol. The number of methoxy groups -OCH3 is 1. The summed E-state index contributed by atoms with van der Waals surface area (Å²) in [5.41, 5.74) is 0.227. The molecule has 0 aromatic heterocycles. The number of hydrogen-bond acceptors (Lipinski definition) is 3. The van der Waals surface area contributed by atoms with Crippen LogP contribution in [0.15, 0.2) is 16.6 Å². The smallest absolute Gasteiger partial charge is 0.387 e. The molecule has 0 radical (unpaired) electrons. The molecular formula is C10H8BrClF2O3. The van der Waals surface area contributed by atoms with Gasteiger partial charge in [-0.3, -0.25) is 4.79 Å². The molecule has 1 rings (SSSR count). The van der Waals surface area contributed by atoms with Crippen LogP contribution in [0.4, 0.5) is 8.78 Å². The van der Waals surface area contributed by atoms with E-state index in [1.807, 2.05) is 0 Å². The monoisotopic (exact) mass is 328 g/mol. The van der Waals surface area contributed by atoms with E-state index < -0.39 is 12.6 Å². The summed E-state index contributed by atoms with van der Waals surface area (Å²) in [5, 5.41) is 0.00685. The molecule has 0 atom stereocenters. The van der Waals surface area contributed by atoms with E-state index in [1.54, 1.807) is 6.07 Å². The third-order valence-corrected chi connectivity index (χ3v) is 2.95. The third-order valence-electron chi connectivity index (χ3n) is 1.91. The number of carbonyl (C=O) groups excluding carboxylic acids is 1. The van der Waals surface area contributed by atoms with Gasteiger partial charge in [-0.15, -0.1) is 0 Å². The van der Waals surface area contributed by atoms with Crippen molar-refractivity contribution in [2.75, 3.05) is 7.11 Å². The van der Waals surface area contributed by atoms with E-state index in [4.69, 9.17) is 11.6 Å². The maximum absolute atomic E-state index is 12.2. The first-order valence-electron chi connectivity index (χ1n) is 4.44. The molecule has 0 aliphatic carbocycles. The van der Waals surface area contributed by atoms with E-state index in [0.717, 1.165) is 0 Å². The lowest BCUT2D eigenvalue weighted by Crippen LogP contribution is -2.10. The number of alkyl halides is 2. The molecule has 0 N–H and O–H groups in total. The SMILES string of the molecule is COC(=O)Cc1c(Br)ccc(Cl)c1OC(F)F. The highest BCUT2D eigenvalue weighted by Gasteiger charge is 2.19. The first-order valence-corrected chi connectivity index (χ1v) is 5.61. The zero-order valence-corrected chi connectivity index (χ0v) is 11.0. The number of benzene rings is 1. The van der Waals surface area contributed by atoms with Crippen LogP contribution >= 0.6 is 27.5 Å². The summed E-state index contributed by atoms with van der Waals surface area (Å²) < 4.78 is 33.6. The van der Waals surface area contributed by atoms with E-state index in [2.05, 4.69) is 25.4 Å². The van der Waals surface area contributed by atoms with Gasteiger partial charge in [0.1, 0.15) is 5.75 Å². The highest BCUT2D eigenvalue weighted by molar-refractivity contribution is 9.10. The second-order valence-electron chi connectivity index (χ2n) is 2.97. The predicted octanol–water partition coefficient (Wildman–Crippen LogP) is 3.42. The molecule has 0 aliphatic rings. The van der Waals surface area contributed by atoms with Crippen molar-refractivity contribution in [3.63, 3.8) is 0 Å². The largest absolute Gasteiger partial charge is 0.469 e. The van der Waals surface area contributed by atoms with E-state index in [1.165, 1.54) is 13.2 Å². The van der Waals surface area contributed by atoms with Gasteiger partial charge in [0.25, 0.3) is 0 Å². The fourth-order valence-electron chi connectivity index (χ4n) is 1.17. The molecule has 17 heavy (non-hydrogen) atoms. The highest BCUT2D eigenvalue weighted by atomic mass is 79.9. The molecule has 0 fully saturated rings. The quantitative estimate of drug-likeness (QED) is 0.794. The predicted molar refractivity (Wildman–Crippen MR) is 61.5 cm³/mol. The molecule has 0 bridgehead atoms. The minimum absolute atomic E-state index is 0.00685. The van der Waals surface area contributed by atoms with E-state index >= 15 is 0 Å². The highest BCUT2D eigenvalue weighted by Crippen LogP contribution is 2.35.